The molecule has 1 aliphatic heterocycles. The summed E-state index contributed by atoms with van der Waals surface area (Å²) in [4.78, 5) is 14.0. The number of rotatable bonds is 7. The quantitative estimate of drug-likeness (QED) is 0.438. The van der Waals surface area contributed by atoms with Crippen LogP contribution >= 0.6 is 23.2 Å². The number of piperazine rings is 1. The third-order valence-electron chi connectivity index (χ3n) is 5.98. The standard InChI is InChI=1S/C18H24ClFN2O3.C7H6ClFO2/c1-2-13-9-21-5-6-22(13)18(23)25-11-15-16(19)7-14(8-17(15)20)24-10-12-3-4-12;8-6-1-4(11)2-7(9)5(6)3-10/h7-8,12-13,21H,2-6,9-11H2,1H3;1-2,10-11H,3H2/t13-;/m1./s1. The van der Waals surface area contributed by atoms with Gasteiger partial charge in [-0.25, -0.2) is 13.6 Å². The van der Waals surface area contributed by atoms with Crippen LogP contribution in [-0.2, 0) is 18.0 Å². The van der Waals surface area contributed by atoms with Crippen molar-refractivity contribution in [3.05, 3.63) is 57.1 Å². The fraction of sp³-hybridized carbons (Fsp3) is 0.480. The second-order valence-corrected chi connectivity index (χ2v) is 9.49. The van der Waals surface area contributed by atoms with E-state index in [-0.39, 0.29) is 39.6 Å². The van der Waals surface area contributed by atoms with Crippen molar-refractivity contribution in [1.29, 1.82) is 0 Å². The fourth-order valence-corrected chi connectivity index (χ4v) is 4.14. The topological polar surface area (TPSA) is 91.3 Å². The van der Waals surface area contributed by atoms with E-state index < -0.39 is 24.3 Å². The number of benzene rings is 2. The van der Waals surface area contributed by atoms with Crippen molar-refractivity contribution in [3.8, 4) is 11.5 Å². The second-order valence-electron chi connectivity index (χ2n) is 8.68. The lowest BCUT2D eigenvalue weighted by atomic mass is 10.1. The van der Waals surface area contributed by atoms with E-state index in [9.17, 15) is 13.6 Å². The van der Waals surface area contributed by atoms with Gasteiger partial charge in [-0.1, -0.05) is 30.1 Å². The van der Waals surface area contributed by atoms with Crippen LogP contribution in [0.4, 0.5) is 13.6 Å². The Balaban J connectivity index is 0.000000275. The van der Waals surface area contributed by atoms with Crippen LogP contribution in [-0.4, -0.2) is 53.5 Å². The van der Waals surface area contributed by atoms with Crippen LogP contribution in [0, 0.1) is 17.6 Å². The van der Waals surface area contributed by atoms with Crippen LogP contribution in [0.1, 0.15) is 37.3 Å². The largest absolute Gasteiger partial charge is 0.508 e. The Morgan fingerprint density at radius 2 is 1.83 bits per heavy atom. The lowest BCUT2D eigenvalue weighted by Crippen LogP contribution is -2.53. The van der Waals surface area contributed by atoms with Crippen molar-refractivity contribution >= 4 is 29.3 Å². The number of nitrogens with zero attached hydrogens (tertiary/aromatic N) is 1. The molecule has 1 saturated carbocycles. The van der Waals surface area contributed by atoms with Gasteiger partial charge >= 0.3 is 6.09 Å². The molecule has 198 valence electrons. The molecule has 0 radical (unpaired) electrons. The molecular weight excluding hydrogens is 517 g/mol. The summed E-state index contributed by atoms with van der Waals surface area (Å²) < 4.78 is 37.9. The summed E-state index contributed by atoms with van der Waals surface area (Å²) in [5, 5.41) is 20.9. The van der Waals surface area contributed by atoms with E-state index in [1.807, 2.05) is 6.92 Å². The molecule has 4 rings (SSSR count). The smallest absolute Gasteiger partial charge is 0.410 e. The molecule has 2 aromatic carbocycles. The number of aliphatic hydroxyl groups is 1. The second kappa shape index (κ2) is 13.3. The maximum Gasteiger partial charge on any atom is 0.410 e. The highest BCUT2D eigenvalue weighted by Gasteiger charge is 2.27. The number of aromatic hydroxyl groups is 1. The van der Waals surface area contributed by atoms with E-state index in [1.165, 1.54) is 12.1 Å². The summed E-state index contributed by atoms with van der Waals surface area (Å²) in [5.74, 6) is -0.466. The Hall–Kier alpha value is -2.33. The molecule has 1 heterocycles. The highest BCUT2D eigenvalue weighted by atomic mass is 35.5. The summed E-state index contributed by atoms with van der Waals surface area (Å²) in [6.07, 6.45) is 2.73. The highest BCUT2D eigenvalue weighted by molar-refractivity contribution is 6.31. The number of halogens is 4. The predicted molar refractivity (Wildman–Crippen MR) is 132 cm³/mol. The number of hydrogen-bond donors (Lipinski definition) is 3. The summed E-state index contributed by atoms with van der Waals surface area (Å²) in [6, 6.07) is 5.06. The summed E-state index contributed by atoms with van der Waals surface area (Å²) >= 11 is 11.6. The van der Waals surface area contributed by atoms with Crippen LogP contribution in [0.2, 0.25) is 10.0 Å². The van der Waals surface area contributed by atoms with Gasteiger partial charge in [-0.2, -0.15) is 0 Å². The molecule has 0 bridgehead atoms. The molecule has 0 unspecified atom stereocenters. The van der Waals surface area contributed by atoms with Crippen molar-refractivity contribution < 1.29 is 33.3 Å². The van der Waals surface area contributed by atoms with Gasteiger partial charge in [0.1, 0.15) is 29.7 Å². The van der Waals surface area contributed by atoms with E-state index in [2.05, 4.69) is 5.32 Å². The number of hydrogen-bond acceptors (Lipinski definition) is 6. The van der Waals surface area contributed by atoms with E-state index in [4.69, 9.17) is 42.9 Å². The molecule has 2 fully saturated rings. The van der Waals surface area contributed by atoms with E-state index in [0.29, 0.717) is 24.8 Å². The third kappa shape index (κ3) is 7.83. The van der Waals surface area contributed by atoms with Gasteiger partial charge in [-0.15, -0.1) is 0 Å². The van der Waals surface area contributed by atoms with Crippen molar-refractivity contribution in [2.75, 3.05) is 26.2 Å². The number of ether oxygens (including phenoxy) is 2. The average molecular weight is 547 g/mol. The lowest BCUT2D eigenvalue weighted by Gasteiger charge is -2.34. The molecular formula is C25H30Cl2F2N2O5. The van der Waals surface area contributed by atoms with Gasteiger partial charge in [0.25, 0.3) is 0 Å². The zero-order valence-electron chi connectivity index (χ0n) is 19.9. The van der Waals surface area contributed by atoms with Gasteiger partial charge in [-0.3, -0.25) is 0 Å². The molecule has 1 amide bonds. The Morgan fingerprint density at radius 3 is 2.44 bits per heavy atom. The fourth-order valence-electron chi connectivity index (χ4n) is 3.62. The average Bonchev–Trinajstić information content (AvgIpc) is 3.67. The van der Waals surface area contributed by atoms with Gasteiger partial charge < -0.3 is 29.9 Å². The molecule has 1 aliphatic carbocycles. The van der Waals surface area contributed by atoms with Gasteiger partial charge in [0.2, 0.25) is 0 Å². The third-order valence-corrected chi connectivity index (χ3v) is 6.65. The number of aliphatic hydroxyl groups excluding tert-OH is 1. The monoisotopic (exact) mass is 546 g/mol. The molecule has 7 nitrogen and oxygen atoms in total. The number of nitrogens with one attached hydrogen (secondary N) is 1. The summed E-state index contributed by atoms with van der Waals surface area (Å²) in [5.41, 5.74) is 0.182. The first kappa shape index (κ1) is 28.2. The molecule has 0 spiro atoms. The zero-order valence-corrected chi connectivity index (χ0v) is 21.4. The van der Waals surface area contributed by atoms with Crippen molar-refractivity contribution in [2.24, 2.45) is 5.92 Å². The molecule has 0 aromatic heterocycles. The summed E-state index contributed by atoms with van der Waals surface area (Å²) in [6.45, 7) is 4.01. The minimum atomic E-state index is -0.697. The van der Waals surface area contributed by atoms with E-state index >= 15 is 0 Å². The molecule has 2 aromatic rings. The Labute approximate surface area is 218 Å². The van der Waals surface area contributed by atoms with E-state index in [1.54, 1.807) is 11.0 Å². The Kier molecular flexibility index (Phi) is 10.4. The van der Waals surface area contributed by atoms with E-state index in [0.717, 1.165) is 38.4 Å². The van der Waals surface area contributed by atoms with Crippen LogP contribution in [0.3, 0.4) is 0 Å². The number of phenols is 1. The van der Waals surface area contributed by atoms with Crippen LogP contribution in [0.25, 0.3) is 0 Å². The first-order valence-corrected chi connectivity index (χ1v) is 12.5. The molecule has 3 N–H and O–H groups in total. The van der Waals surface area contributed by atoms with Crippen LogP contribution in [0.5, 0.6) is 11.5 Å². The maximum atomic E-state index is 14.3. The first-order valence-electron chi connectivity index (χ1n) is 11.8. The highest BCUT2D eigenvalue weighted by Crippen LogP contribution is 2.32. The molecule has 2 aliphatic rings. The SMILES string of the molecule is CC[C@@H]1CNCCN1C(=O)OCc1c(F)cc(OCC2CC2)cc1Cl.OCc1c(F)cc(O)cc1Cl. The Morgan fingerprint density at radius 1 is 1.14 bits per heavy atom. The van der Waals surface area contributed by atoms with Crippen molar-refractivity contribution in [3.63, 3.8) is 0 Å². The zero-order chi connectivity index (χ0) is 26.2. The summed E-state index contributed by atoms with van der Waals surface area (Å²) in [7, 11) is 0. The molecule has 1 atom stereocenters. The maximum absolute atomic E-state index is 14.3. The van der Waals surface area contributed by atoms with Gasteiger partial charge in [0, 0.05) is 48.9 Å². The van der Waals surface area contributed by atoms with Crippen molar-refractivity contribution in [2.45, 2.75) is 45.4 Å². The van der Waals surface area contributed by atoms with Gasteiger partial charge in [-0.05, 0) is 37.3 Å². The number of amides is 1. The first-order chi connectivity index (χ1) is 17.2. The van der Waals surface area contributed by atoms with Gasteiger partial charge in [0.05, 0.1) is 23.3 Å². The molecule has 11 heteroatoms. The van der Waals surface area contributed by atoms with Crippen molar-refractivity contribution in [1.82, 2.24) is 10.2 Å². The molecule has 36 heavy (non-hydrogen) atoms. The van der Waals surface area contributed by atoms with Gasteiger partial charge in [0.15, 0.2) is 0 Å². The number of carbonyl (C=O) groups excluding carboxylic acids is 1. The predicted octanol–water partition coefficient (Wildman–Crippen LogP) is 5.27. The minimum absolute atomic E-state index is 0.00414. The normalized spacial score (nSPS) is 17.3. The Bertz CT molecular complexity index is 1010. The molecule has 1 saturated heterocycles. The van der Waals surface area contributed by atoms with Crippen LogP contribution < -0.4 is 10.1 Å². The lowest BCUT2D eigenvalue weighted by molar-refractivity contribution is 0.0707. The minimum Gasteiger partial charge on any atom is -0.508 e. The van der Waals surface area contributed by atoms with Crippen LogP contribution in [0.15, 0.2) is 24.3 Å². The number of carbonyl (C=O) groups is 1. The number of phenolic OH excluding ortho intramolecular Hbond substituents is 1.